The number of carbonyl (C=O) groups is 1. The molecule has 0 fully saturated rings. The summed E-state index contributed by atoms with van der Waals surface area (Å²) in [6, 6.07) is 7.72. The van der Waals surface area contributed by atoms with Gasteiger partial charge in [0.1, 0.15) is 5.75 Å². The second kappa shape index (κ2) is 6.76. The van der Waals surface area contributed by atoms with Crippen molar-refractivity contribution in [2.75, 3.05) is 17.7 Å². The van der Waals surface area contributed by atoms with Crippen molar-refractivity contribution >= 4 is 44.5 Å². The van der Waals surface area contributed by atoms with Gasteiger partial charge in [-0.1, -0.05) is 15.9 Å². The Morgan fingerprint density at radius 2 is 2.20 bits per heavy atom. The molecule has 6 heteroatoms. The summed E-state index contributed by atoms with van der Waals surface area (Å²) < 4.78 is 6.18. The molecule has 0 radical (unpaired) electrons. The fraction of sp³-hybridized carbons (Fsp3) is 0.214. The quantitative estimate of drug-likeness (QED) is 0.849. The number of halogens is 1. The average Bonchev–Trinajstić information content (AvgIpc) is 2.82. The summed E-state index contributed by atoms with van der Waals surface area (Å²) in [6.45, 7) is 2.15. The van der Waals surface area contributed by atoms with Crippen LogP contribution in [-0.4, -0.2) is 13.0 Å². The predicted octanol–water partition coefficient (Wildman–Crippen LogP) is 4.09. The summed E-state index contributed by atoms with van der Waals surface area (Å²) >= 11 is 5.05. The van der Waals surface area contributed by atoms with E-state index in [9.17, 15) is 4.79 Å². The first kappa shape index (κ1) is 14.9. The molecule has 0 unspecified atom stereocenters. The molecule has 0 atom stereocenters. The molecule has 0 aliphatic rings. The number of ether oxygens (including phenoxy) is 1. The maximum absolute atomic E-state index is 11.1. The van der Waals surface area contributed by atoms with Crippen molar-refractivity contribution in [2.45, 2.75) is 13.5 Å². The minimum absolute atomic E-state index is 0.0613. The molecule has 0 aliphatic carbocycles. The zero-order valence-corrected chi connectivity index (χ0v) is 13.6. The third-order valence-corrected chi connectivity index (χ3v) is 3.99. The third-order valence-electron chi connectivity index (χ3n) is 2.62. The molecule has 2 aromatic rings. The van der Waals surface area contributed by atoms with Crippen molar-refractivity contribution in [3.63, 3.8) is 0 Å². The Balaban J connectivity index is 2.07. The van der Waals surface area contributed by atoms with Gasteiger partial charge < -0.3 is 15.4 Å². The molecule has 20 heavy (non-hydrogen) atoms. The zero-order chi connectivity index (χ0) is 14.5. The van der Waals surface area contributed by atoms with E-state index in [4.69, 9.17) is 4.74 Å². The van der Waals surface area contributed by atoms with Crippen LogP contribution < -0.4 is 15.4 Å². The fourth-order valence-corrected chi connectivity index (χ4v) is 2.99. The second-order valence-electron chi connectivity index (χ2n) is 4.17. The zero-order valence-electron chi connectivity index (χ0n) is 11.2. The number of hydrogen-bond donors (Lipinski definition) is 2. The molecular weight excluding hydrogens is 340 g/mol. The summed E-state index contributed by atoms with van der Waals surface area (Å²) in [7, 11) is 1.64. The van der Waals surface area contributed by atoms with Crippen molar-refractivity contribution < 1.29 is 9.53 Å². The molecule has 106 valence electrons. The van der Waals surface area contributed by atoms with Crippen LogP contribution in [0, 0.1) is 0 Å². The maximum atomic E-state index is 11.1. The molecule has 0 saturated carbocycles. The monoisotopic (exact) mass is 354 g/mol. The van der Waals surface area contributed by atoms with Crippen LogP contribution in [0.15, 0.2) is 34.1 Å². The largest absolute Gasteiger partial charge is 0.497 e. The Bertz CT molecular complexity index is 613. The number of benzene rings is 1. The van der Waals surface area contributed by atoms with Gasteiger partial charge in [0.05, 0.1) is 19.3 Å². The molecule has 1 aromatic carbocycles. The second-order valence-corrected chi connectivity index (χ2v) is 6.09. The fourth-order valence-electron chi connectivity index (χ4n) is 1.74. The normalized spacial score (nSPS) is 10.2. The minimum Gasteiger partial charge on any atom is -0.497 e. The van der Waals surface area contributed by atoms with Crippen LogP contribution in [0.4, 0.5) is 11.4 Å². The lowest BCUT2D eigenvalue weighted by molar-refractivity contribution is -0.114. The third kappa shape index (κ3) is 3.98. The van der Waals surface area contributed by atoms with E-state index in [1.54, 1.807) is 18.4 Å². The summed E-state index contributed by atoms with van der Waals surface area (Å²) in [6.07, 6.45) is 0. The van der Waals surface area contributed by atoms with Crippen LogP contribution >= 0.6 is 27.3 Å². The van der Waals surface area contributed by atoms with Gasteiger partial charge in [-0.25, -0.2) is 0 Å². The SMILES string of the molecule is COc1cc(Br)cc(NCc2sccc2NC(C)=O)c1. The summed E-state index contributed by atoms with van der Waals surface area (Å²) in [5.41, 5.74) is 1.82. The Kier molecular flexibility index (Phi) is 5.03. The standard InChI is InChI=1S/C14H15BrN2O2S/c1-9(18)17-13-3-4-20-14(13)8-16-11-5-10(15)6-12(7-11)19-2/h3-7,16H,8H2,1-2H3,(H,17,18). The molecule has 4 nitrogen and oxygen atoms in total. The van der Waals surface area contributed by atoms with E-state index in [1.165, 1.54) is 6.92 Å². The van der Waals surface area contributed by atoms with E-state index in [2.05, 4.69) is 26.6 Å². The molecule has 1 heterocycles. The highest BCUT2D eigenvalue weighted by atomic mass is 79.9. The Morgan fingerprint density at radius 3 is 2.90 bits per heavy atom. The molecule has 1 aromatic heterocycles. The number of hydrogen-bond acceptors (Lipinski definition) is 4. The van der Waals surface area contributed by atoms with Crippen LogP contribution in [0.2, 0.25) is 0 Å². The molecule has 0 saturated heterocycles. The highest BCUT2D eigenvalue weighted by Gasteiger charge is 2.06. The summed E-state index contributed by atoms with van der Waals surface area (Å²) in [5.74, 6) is 0.726. The molecule has 0 bridgehead atoms. The molecule has 0 aliphatic heterocycles. The van der Waals surface area contributed by atoms with Crippen LogP contribution in [0.3, 0.4) is 0 Å². The summed E-state index contributed by atoms with van der Waals surface area (Å²) in [4.78, 5) is 12.2. The number of anilines is 2. The number of rotatable bonds is 5. The van der Waals surface area contributed by atoms with Gasteiger partial charge in [-0.05, 0) is 23.6 Å². The number of methoxy groups -OCH3 is 1. The van der Waals surface area contributed by atoms with E-state index in [0.29, 0.717) is 6.54 Å². The van der Waals surface area contributed by atoms with Gasteiger partial charge in [0.15, 0.2) is 0 Å². The minimum atomic E-state index is -0.0613. The molecule has 2 rings (SSSR count). The van der Waals surface area contributed by atoms with Crippen molar-refractivity contribution in [2.24, 2.45) is 0 Å². The Labute approximate surface area is 130 Å². The van der Waals surface area contributed by atoms with Gasteiger partial charge in [-0.3, -0.25) is 4.79 Å². The Hall–Kier alpha value is -1.53. The van der Waals surface area contributed by atoms with E-state index in [0.717, 1.165) is 26.5 Å². The first-order valence-electron chi connectivity index (χ1n) is 6.01. The van der Waals surface area contributed by atoms with Crippen molar-refractivity contribution in [1.29, 1.82) is 0 Å². The van der Waals surface area contributed by atoms with Crippen molar-refractivity contribution in [1.82, 2.24) is 0 Å². The van der Waals surface area contributed by atoms with Gasteiger partial charge in [-0.2, -0.15) is 0 Å². The molecule has 2 N–H and O–H groups in total. The van der Waals surface area contributed by atoms with Crippen LogP contribution in [0.25, 0.3) is 0 Å². The number of thiophene rings is 1. The van der Waals surface area contributed by atoms with E-state index >= 15 is 0 Å². The van der Waals surface area contributed by atoms with Gasteiger partial charge in [-0.15, -0.1) is 11.3 Å². The highest BCUT2D eigenvalue weighted by molar-refractivity contribution is 9.10. The smallest absolute Gasteiger partial charge is 0.221 e. The van der Waals surface area contributed by atoms with Gasteiger partial charge in [0.2, 0.25) is 5.91 Å². The lowest BCUT2D eigenvalue weighted by atomic mass is 10.3. The molecule has 1 amide bonds. The maximum Gasteiger partial charge on any atom is 0.221 e. The number of amides is 1. The van der Waals surface area contributed by atoms with Crippen LogP contribution in [-0.2, 0) is 11.3 Å². The summed E-state index contributed by atoms with van der Waals surface area (Å²) in [5, 5.41) is 8.11. The van der Waals surface area contributed by atoms with E-state index < -0.39 is 0 Å². The van der Waals surface area contributed by atoms with Crippen LogP contribution in [0.5, 0.6) is 5.75 Å². The van der Waals surface area contributed by atoms with E-state index in [-0.39, 0.29) is 5.91 Å². The van der Waals surface area contributed by atoms with Crippen LogP contribution in [0.1, 0.15) is 11.8 Å². The predicted molar refractivity (Wildman–Crippen MR) is 86.6 cm³/mol. The highest BCUT2D eigenvalue weighted by Crippen LogP contribution is 2.27. The van der Waals surface area contributed by atoms with Gasteiger partial charge in [0.25, 0.3) is 0 Å². The van der Waals surface area contributed by atoms with Crippen molar-refractivity contribution in [3.05, 3.63) is 39.0 Å². The first-order chi connectivity index (χ1) is 9.58. The first-order valence-corrected chi connectivity index (χ1v) is 7.68. The number of nitrogens with one attached hydrogen (secondary N) is 2. The topological polar surface area (TPSA) is 50.4 Å². The molecule has 0 spiro atoms. The lowest BCUT2D eigenvalue weighted by Crippen LogP contribution is -2.08. The lowest BCUT2D eigenvalue weighted by Gasteiger charge is -2.10. The van der Waals surface area contributed by atoms with Gasteiger partial charge in [0, 0.05) is 28.0 Å². The van der Waals surface area contributed by atoms with Gasteiger partial charge >= 0.3 is 0 Å². The van der Waals surface area contributed by atoms with Crippen molar-refractivity contribution in [3.8, 4) is 5.75 Å². The Morgan fingerprint density at radius 1 is 1.40 bits per heavy atom. The average molecular weight is 355 g/mol. The molecular formula is C14H15BrN2O2S. The van der Waals surface area contributed by atoms with E-state index in [1.807, 2.05) is 29.6 Å². The number of carbonyl (C=O) groups excluding carboxylic acids is 1.